The number of hydrogen-bond acceptors (Lipinski definition) is 6. The van der Waals surface area contributed by atoms with Crippen molar-refractivity contribution < 1.29 is 4.74 Å². The van der Waals surface area contributed by atoms with Gasteiger partial charge in [-0.2, -0.15) is 4.52 Å². The molecule has 7 heteroatoms. The molecule has 2 fully saturated rings. The summed E-state index contributed by atoms with van der Waals surface area (Å²) in [6, 6.07) is 4.44. The summed E-state index contributed by atoms with van der Waals surface area (Å²) in [6.07, 6.45) is 4.80. The molecule has 3 heterocycles. The molecule has 0 radical (unpaired) electrons. The fraction of sp³-hybridized carbons (Fsp3) is 0.688. The average molecular weight is 316 g/mol. The zero-order valence-corrected chi connectivity index (χ0v) is 13.6. The van der Waals surface area contributed by atoms with Crippen LogP contribution in [0, 0.1) is 0 Å². The second-order valence-electron chi connectivity index (χ2n) is 6.60. The first-order chi connectivity index (χ1) is 11.3. The number of aromatic nitrogens is 4. The van der Waals surface area contributed by atoms with Gasteiger partial charge in [0.1, 0.15) is 5.82 Å². The SMILES string of the molecule is COCCN1CCC[C@H](Nc2ccc3nnc(C4CC4)n3n2)C1. The molecule has 0 amide bonds. The molecule has 0 bridgehead atoms. The Morgan fingerprint density at radius 3 is 3.00 bits per heavy atom. The first-order valence-electron chi connectivity index (χ1n) is 8.53. The van der Waals surface area contributed by atoms with Gasteiger partial charge in [0.05, 0.1) is 6.61 Å². The van der Waals surface area contributed by atoms with Gasteiger partial charge in [-0.25, -0.2) is 0 Å². The summed E-state index contributed by atoms with van der Waals surface area (Å²) in [5.41, 5.74) is 0.836. The number of anilines is 1. The van der Waals surface area contributed by atoms with Crippen LogP contribution < -0.4 is 5.32 Å². The van der Waals surface area contributed by atoms with Crippen LogP contribution in [0.5, 0.6) is 0 Å². The van der Waals surface area contributed by atoms with Crippen molar-refractivity contribution in [2.24, 2.45) is 0 Å². The monoisotopic (exact) mass is 316 g/mol. The van der Waals surface area contributed by atoms with E-state index in [0.717, 1.165) is 43.5 Å². The van der Waals surface area contributed by atoms with Crippen molar-refractivity contribution in [1.29, 1.82) is 0 Å². The van der Waals surface area contributed by atoms with E-state index in [4.69, 9.17) is 9.84 Å². The van der Waals surface area contributed by atoms with Crippen molar-refractivity contribution in [3.63, 3.8) is 0 Å². The van der Waals surface area contributed by atoms with Crippen LogP contribution in [0.2, 0.25) is 0 Å². The number of nitrogens with zero attached hydrogens (tertiary/aromatic N) is 5. The molecule has 1 aliphatic heterocycles. The van der Waals surface area contributed by atoms with Crippen LogP contribution in [0.25, 0.3) is 5.65 Å². The molecule has 0 spiro atoms. The first-order valence-corrected chi connectivity index (χ1v) is 8.53. The van der Waals surface area contributed by atoms with Gasteiger partial charge >= 0.3 is 0 Å². The molecule has 1 saturated carbocycles. The van der Waals surface area contributed by atoms with Gasteiger partial charge in [-0.3, -0.25) is 4.90 Å². The zero-order valence-electron chi connectivity index (χ0n) is 13.6. The maximum Gasteiger partial charge on any atom is 0.178 e. The quantitative estimate of drug-likeness (QED) is 0.871. The molecule has 4 rings (SSSR count). The lowest BCUT2D eigenvalue weighted by atomic mass is 10.1. The number of ether oxygens (including phenoxy) is 1. The highest BCUT2D eigenvalue weighted by Crippen LogP contribution is 2.38. The topological polar surface area (TPSA) is 67.6 Å². The van der Waals surface area contributed by atoms with Crippen LogP contribution in [0.1, 0.15) is 37.4 Å². The molecule has 1 N–H and O–H groups in total. The van der Waals surface area contributed by atoms with Gasteiger partial charge in [-0.15, -0.1) is 15.3 Å². The fourth-order valence-electron chi connectivity index (χ4n) is 3.28. The minimum atomic E-state index is 0.436. The summed E-state index contributed by atoms with van der Waals surface area (Å²) in [4.78, 5) is 2.46. The third-order valence-corrected chi connectivity index (χ3v) is 4.70. The van der Waals surface area contributed by atoms with Gasteiger partial charge in [0.2, 0.25) is 0 Å². The van der Waals surface area contributed by atoms with E-state index in [9.17, 15) is 0 Å². The zero-order chi connectivity index (χ0) is 15.6. The Bertz CT molecular complexity index is 668. The van der Waals surface area contributed by atoms with Crippen molar-refractivity contribution >= 4 is 11.5 Å². The molecular weight excluding hydrogens is 292 g/mol. The summed E-state index contributed by atoms with van der Waals surface area (Å²) >= 11 is 0. The Hall–Kier alpha value is -1.73. The van der Waals surface area contributed by atoms with Crippen molar-refractivity contribution in [2.45, 2.75) is 37.6 Å². The van der Waals surface area contributed by atoms with Gasteiger partial charge in [-0.05, 0) is 44.4 Å². The third-order valence-electron chi connectivity index (χ3n) is 4.70. The Morgan fingerprint density at radius 1 is 1.26 bits per heavy atom. The molecule has 7 nitrogen and oxygen atoms in total. The van der Waals surface area contributed by atoms with E-state index in [1.807, 2.05) is 16.6 Å². The number of nitrogens with one attached hydrogen (secondary N) is 1. The molecule has 23 heavy (non-hydrogen) atoms. The standard InChI is InChI=1S/C16H24N6O/c1-23-10-9-21-8-2-3-13(11-21)17-14-6-7-15-18-19-16(12-4-5-12)22(15)20-14/h6-7,12-13H,2-5,8-11H2,1H3,(H,17,20)/t13-/m0/s1. The molecule has 0 unspecified atom stereocenters. The minimum Gasteiger partial charge on any atom is -0.383 e. The van der Waals surface area contributed by atoms with Crippen LogP contribution >= 0.6 is 0 Å². The summed E-state index contributed by atoms with van der Waals surface area (Å²) in [6.45, 7) is 3.99. The van der Waals surface area contributed by atoms with Crippen molar-refractivity contribution in [3.05, 3.63) is 18.0 Å². The highest BCUT2D eigenvalue weighted by molar-refractivity contribution is 5.45. The number of hydrogen-bond donors (Lipinski definition) is 1. The van der Waals surface area contributed by atoms with E-state index in [1.165, 1.54) is 25.7 Å². The van der Waals surface area contributed by atoms with E-state index >= 15 is 0 Å². The summed E-state index contributed by atoms with van der Waals surface area (Å²) in [5.74, 6) is 2.47. The molecule has 2 aromatic rings. The van der Waals surface area contributed by atoms with Crippen LogP contribution in [-0.4, -0.2) is 64.1 Å². The normalized spacial score (nSPS) is 22.6. The fourth-order valence-corrected chi connectivity index (χ4v) is 3.28. The van der Waals surface area contributed by atoms with E-state index in [1.54, 1.807) is 7.11 Å². The van der Waals surface area contributed by atoms with Crippen LogP contribution in [0.15, 0.2) is 12.1 Å². The second-order valence-corrected chi connectivity index (χ2v) is 6.60. The third kappa shape index (κ3) is 3.30. The Labute approximate surface area is 136 Å². The van der Waals surface area contributed by atoms with Gasteiger partial charge in [0, 0.05) is 32.2 Å². The van der Waals surface area contributed by atoms with Crippen LogP contribution in [0.3, 0.4) is 0 Å². The molecule has 124 valence electrons. The largest absolute Gasteiger partial charge is 0.383 e. The predicted molar refractivity (Wildman–Crippen MR) is 87.7 cm³/mol. The Kier molecular flexibility index (Phi) is 4.13. The Balaban J connectivity index is 1.45. The first kappa shape index (κ1) is 14.8. The summed E-state index contributed by atoms with van der Waals surface area (Å²) in [5, 5.41) is 16.8. The average Bonchev–Trinajstić information content (AvgIpc) is 3.33. The molecule has 1 saturated heterocycles. The lowest BCUT2D eigenvalue weighted by Gasteiger charge is -2.33. The van der Waals surface area contributed by atoms with Crippen molar-refractivity contribution in [1.82, 2.24) is 24.7 Å². The smallest absolute Gasteiger partial charge is 0.178 e. The van der Waals surface area contributed by atoms with E-state index < -0.39 is 0 Å². The van der Waals surface area contributed by atoms with Gasteiger partial charge in [-0.1, -0.05) is 0 Å². The maximum atomic E-state index is 5.19. The summed E-state index contributed by atoms with van der Waals surface area (Å²) < 4.78 is 7.10. The molecule has 1 atom stereocenters. The molecule has 2 aliphatic rings. The van der Waals surface area contributed by atoms with Gasteiger partial charge < -0.3 is 10.1 Å². The lowest BCUT2D eigenvalue weighted by molar-refractivity contribution is 0.131. The highest BCUT2D eigenvalue weighted by Gasteiger charge is 2.29. The molecule has 1 aliphatic carbocycles. The number of fused-ring (bicyclic) bond motifs is 1. The van der Waals surface area contributed by atoms with Crippen LogP contribution in [0.4, 0.5) is 5.82 Å². The maximum absolute atomic E-state index is 5.19. The lowest BCUT2D eigenvalue weighted by Crippen LogP contribution is -2.43. The molecule has 2 aromatic heterocycles. The van der Waals surface area contributed by atoms with E-state index in [-0.39, 0.29) is 0 Å². The number of piperidine rings is 1. The second kappa shape index (κ2) is 6.41. The number of likely N-dealkylation sites (tertiary alicyclic amines) is 1. The predicted octanol–water partition coefficient (Wildman–Crippen LogP) is 1.52. The molecular formula is C16H24N6O. The highest BCUT2D eigenvalue weighted by atomic mass is 16.5. The number of rotatable bonds is 6. The minimum absolute atomic E-state index is 0.436. The van der Waals surface area contributed by atoms with Crippen LogP contribution in [-0.2, 0) is 4.74 Å². The van der Waals surface area contributed by atoms with Gasteiger partial charge in [0.15, 0.2) is 11.5 Å². The van der Waals surface area contributed by atoms with Gasteiger partial charge in [0.25, 0.3) is 0 Å². The van der Waals surface area contributed by atoms with Crippen molar-refractivity contribution in [3.8, 4) is 0 Å². The Morgan fingerprint density at radius 2 is 2.17 bits per heavy atom. The van der Waals surface area contributed by atoms with E-state index in [0.29, 0.717) is 12.0 Å². The summed E-state index contributed by atoms with van der Waals surface area (Å²) in [7, 11) is 1.76. The number of methoxy groups -OCH3 is 1. The van der Waals surface area contributed by atoms with Crippen molar-refractivity contribution in [2.75, 3.05) is 38.7 Å². The molecule has 0 aromatic carbocycles. The van der Waals surface area contributed by atoms with E-state index in [2.05, 4.69) is 20.4 Å².